The van der Waals surface area contributed by atoms with E-state index in [2.05, 4.69) is 18.7 Å². The number of rotatable bonds is 6. The summed E-state index contributed by atoms with van der Waals surface area (Å²) in [4.78, 5) is 2.53. The number of aliphatic hydroxyl groups excluding tert-OH is 1. The number of methoxy groups -OCH3 is 1. The van der Waals surface area contributed by atoms with Crippen molar-refractivity contribution in [2.24, 2.45) is 5.92 Å². The molecule has 108 valence electrons. The number of hydrogen-bond acceptors (Lipinski definition) is 3. The number of likely N-dealkylation sites (tertiary alicyclic amines) is 1. The molecule has 3 unspecified atom stereocenters. The van der Waals surface area contributed by atoms with Crippen LogP contribution < -0.4 is 0 Å². The first-order valence-electron chi connectivity index (χ1n) is 7.38. The highest BCUT2D eigenvalue weighted by molar-refractivity contribution is 4.83. The molecule has 0 radical (unpaired) electrons. The lowest BCUT2D eigenvalue weighted by Gasteiger charge is -2.39. The van der Waals surface area contributed by atoms with E-state index < -0.39 is 11.7 Å². The number of nitrogens with zero attached hydrogens (tertiary/aromatic N) is 1. The summed E-state index contributed by atoms with van der Waals surface area (Å²) in [5, 5.41) is 10.2. The van der Waals surface area contributed by atoms with Gasteiger partial charge in [-0.3, -0.25) is 0 Å². The van der Waals surface area contributed by atoms with Gasteiger partial charge in [0.2, 0.25) is 0 Å². The lowest BCUT2D eigenvalue weighted by Crippen LogP contribution is -2.45. The van der Waals surface area contributed by atoms with E-state index >= 15 is 0 Å². The quantitative estimate of drug-likeness (QED) is 0.794. The molecule has 1 aliphatic rings. The summed E-state index contributed by atoms with van der Waals surface area (Å²) in [6.07, 6.45) is 4.33. The van der Waals surface area contributed by atoms with Crippen molar-refractivity contribution in [3.8, 4) is 0 Å². The Morgan fingerprint density at radius 2 is 2.06 bits per heavy atom. The number of piperidine rings is 1. The average Bonchev–Trinajstić information content (AvgIpc) is 2.37. The van der Waals surface area contributed by atoms with E-state index in [1.807, 2.05) is 13.8 Å². The lowest BCUT2D eigenvalue weighted by molar-refractivity contribution is -0.0841. The topological polar surface area (TPSA) is 32.7 Å². The second-order valence-electron chi connectivity index (χ2n) is 6.31. The molecule has 1 fully saturated rings. The average molecular weight is 257 g/mol. The van der Waals surface area contributed by atoms with Crippen LogP contribution in [0.5, 0.6) is 0 Å². The zero-order chi connectivity index (χ0) is 13.8. The van der Waals surface area contributed by atoms with Crippen molar-refractivity contribution in [3.05, 3.63) is 0 Å². The van der Waals surface area contributed by atoms with Gasteiger partial charge in [0.25, 0.3) is 0 Å². The van der Waals surface area contributed by atoms with Gasteiger partial charge in [-0.05, 0) is 46.0 Å². The molecule has 1 heterocycles. The Morgan fingerprint density at radius 1 is 1.39 bits per heavy atom. The van der Waals surface area contributed by atoms with Gasteiger partial charge in [0.15, 0.2) is 0 Å². The molecule has 0 saturated carbocycles. The molecule has 0 aromatic rings. The van der Waals surface area contributed by atoms with Crippen LogP contribution in [-0.4, -0.2) is 48.0 Å². The van der Waals surface area contributed by atoms with Crippen LogP contribution in [0.25, 0.3) is 0 Å². The maximum absolute atomic E-state index is 10.2. The van der Waals surface area contributed by atoms with Gasteiger partial charge in [-0.1, -0.05) is 13.3 Å². The maximum atomic E-state index is 10.2. The van der Waals surface area contributed by atoms with E-state index in [9.17, 15) is 5.11 Å². The largest absolute Gasteiger partial charge is 0.390 e. The van der Waals surface area contributed by atoms with Crippen LogP contribution in [0, 0.1) is 5.92 Å². The Morgan fingerprint density at radius 3 is 2.61 bits per heavy atom. The predicted octanol–water partition coefficient (Wildman–Crippen LogP) is 2.67. The zero-order valence-electron chi connectivity index (χ0n) is 12.8. The molecule has 1 N–H and O–H groups in total. The third-order valence-corrected chi connectivity index (χ3v) is 4.70. The van der Waals surface area contributed by atoms with Crippen molar-refractivity contribution in [3.63, 3.8) is 0 Å². The maximum Gasteiger partial charge on any atom is 0.0880 e. The Labute approximate surface area is 113 Å². The van der Waals surface area contributed by atoms with Crippen molar-refractivity contribution in [2.75, 3.05) is 20.2 Å². The van der Waals surface area contributed by atoms with Gasteiger partial charge < -0.3 is 14.7 Å². The summed E-state index contributed by atoms with van der Waals surface area (Å²) in [7, 11) is 1.67. The fraction of sp³-hybridized carbons (Fsp3) is 1.00. The molecule has 0 aromatic heterocycles. The Bertz CT molecular complexity index is 243. The molecule has 0 amide bonds. The van der Waals surface area contributed by atoms with Gasteiger partial charge >= 0.3 is 0 Å². The predicted molar refractivity (Wildman–Crippen MR) is 75.8 cm³/mol. The van der Waals surface area contributed by atoms with E-state index in [0.29, 0.717) is 6.04 Å². The van der Waals surface area contributed by atoms with E-state index in [1.54, 1.807) is 7.11 Å². The van der Waals surface area contributed by atoms with Crippen LogP contribution in [-0.2, 0) is 4.74 Å². The molecule has 3 nitrogen and oxygen atoms in total. The summed E-state index contributed by atoms with van der Waals surface area (Å²) >= 11 is 0. The molecule has 0 aliphatic carbocycles. The normalized spacial score (nSPS) is 28.3. The first-order chi connectivity index (χ1) is 8.40. The molecular weight excluding hydrogens is 226 g/mol. The van der Waals surface area contributed by atoms with Crippen molar-refractivity contribution >= 4 is 0 Å². The SMILES string of the molecule is CCC1CCC(C)N(CCC(O)C(C)(C)OC)C1. The fourth-order valence-electron chi connectivity index (χ4n) is 2.68. The van der Waals surface area contributed by atoms with Crippen molar-refractivity contribution in [1.82, 2.24) is 4.90 Å². The minimum atomic E-state index is -0.441. The Kier molecular flexibility index (Phi) is 6.09. The fourth-order valence-corrected chi connectivity index (χ4v) is 2.68. The van der Waals surface area contributed by atoms with E-state index in [4.69, 9.17) is 4.74 Å². The summed E-state index contributed by atoms with van der Waals surface area (Å²) < 4.78 is 5.34. The number of aliphatic hydroxyl groups is 1. The first kappa shape index (κ1) is 15.9. The van der Waals surface area contributed by atoms with Crippen molar-refractivity contribution in [2.45, 2.75) is 71.1 Å². The highest BCUT2D eigenvalue weighted by Gasteiger charge is 2.29. The van der Waals surface area contributed by atoms with Gasteiger partial charge in [-0.25, -0.2) is 0 Å². The van der Waals surface area contributed by atoms with Crippen LogP contribution in [0.2, 0.25) is 0 Å². The standard InChI is InChI=1S/C15H31NO2/c1-6-13-8-7-12(2)16(11-13)10-9-14(17)15(3,4)18-5/h12-14,17H,6-11H2,1-5H3. The van der Waals surface area contributed by atoms with Crippen molar-refractivity contribution in [1.29, 1.82) is 0 Å². The Hall–Kier alpha value is -0.120. The van der Waals surface area contributed by atoms with Crippen LogP contribution in [0.3, 0.4) is 0 Å². The molecule has 3 atom stereocenters. The molecule has 0 spiro atoms. The smallest absolute Gasteiger partial charge is 0.0880 e. The second-order valence-corrected chi connectivity index (χ2v) is 6.31. The minimum Gasteiger partial charge on any atom is -0.390 e. The summed E-state index contributed by atoms with van der Waals surface area (Å²) in [6, 6.07) is 0.658. The van der Waals surface area contributed by atoms with E-state index in [1.165, 1.54) is 25.8 Å². The van der Waals surface area contributed by atoms with Crippen LogP contribution in [0.1, 0.15) is 53.4 Å². The third-order valence-electron chi connectivity index (χ3n) is 4.70. The zero-order valence-corrected chi connectivity index (χ0v) is 12.8. The summed E-state index contributed by atoms with van der Waals surface area (Å²) in [5.74, 6) is 0.841. The molecule has 1 aliphatic heterocycles. The Balaban J connectivity index is 2.41. The van der Waals surface area contributed by atoms with Gasteiger partial charge in [-0.15, -0.1) is 0 Å². The summed E-state index contributed by atoms with van der Waals surface area (Å²) in [5.41, 5.74) is -0.441. The molecule has 3 heteroatoms. The third kappa shape index (κ3) is 4.22. The van der Waals surface area contributed by atoms with Crippen LogP contribution in [0.4, 0.5) is 0 Å². The van der Waals surface area contributed by atoms with Crippen molar-refractivity contribution < 1.29 is 9.84 Å². The molecule has 0 bridgehead atoms. The number of hydrogen-bond donors (Lipinski definition) is 1. The molecular formula is C15H31NO2. The second kappa shape index (κ2) is 6.88. The van der Waals surface area contributed by atoms with E-state index in [0.717, 1.165) is 18.9 Å². The van der Waals surface area contributed by atoms with Crippen LogP contribution in [0.15, 0.2) is 0 Å². The molecule has 0 aromatic carbocycles. The molecule has 1 saturated heterocycles. The summed E-state index contributed by atoms with van der Waals surface area (Å²) in [6.45, 7) is 10.7. The lowest BCUT2D eigenvalue weighted by atomic mass is 9.90. The van der Waals surface area contributed by atoms with Crippen LogP contribution >= 0.6 is 0 Å². The minimum absolute atomic E-state index is 0.392. The first-order valence-corrected chi connectivity index (χ1v) is 7.38. The van der Waals surface area contributed by atoms with Gasteiger partial charge in [0.1, 0.15) is 0 Å². The van der Waals surface area contributed by atoms with Gasteiger partial charge in [-0.2, -0.15) is 0 Å². The number of ether oxygens (including phenoxy) is 1. The van der Waals surface area contributed by atoms with Gasteiger partial charge in [0, 0.05) is 26.2 Å². The molecule has 18 heavy (non-hydrogen) atoms. The van der Waals surface area contributed by atoms with E-state index in [-0.39, 0.29) is 0 Å². The molecule has 1 rings (SSSR count). The highest BCUT2D eigenvalue weighted by Crippen LogP contribution is 2.25. The monoisotopic (exact) mass is 257 g/mol. The highest BCUT2D eigenvalue weighted by atomic mass is 16.5. The van der Waals surface area contributed by atoms with Gasteiger partial charge in [0.05, 0.1) is 11.7 Å².